The summed E-state index contributed by atoms with van der Waals surface area (Å²) in [7, 11) is 0. The smallest absolute Gasteiger partial charge is 0.254 e. The van der Waals surface area contributed by atoms with Crippen LogP contribution in [0.15, 0.2) is 22.8 Å². The Bertz CT molecular complexity index is 303. The molecule has 0 spiro atoms. The number of rotatable bonds is 1. The lowest BCUT2D eigenvalue weighted by Crippen LogP contribution is -2.20. The maximum atomic E-state index is 10.5. The molecule has 0 unspecified atom stereocenters. The van der Waals surface area contributed by atoms with E-state index < -0.39 is 5.91 Å². The summed E-state index contributed by atoms with van der Waals surface area (Å²) in [4.78, 5) is 10.5. The quantitative estimate of drug-likeness (QED) is 0.566. The molecule has 0 radical (unpaired) electrons. The van der Waals surface area contributed by atoms with Gasteiger partial charge in [0.2, 0.25) is 5.55 Å². The van der Waals surface area contributed by atoms with Gasteiger partial charge in [-0.2, -0.15) is 0 Å². The van der Waals surface area contributed by atoms with Crippen LogP contribution in [0.3, 0.4) is 0 Å². The summed E-state index contributed by atoms with van der Waals surface area (Å²) >= 11 is 0. The van der Waals surface area contributed by atoms with E-state index in [1.165, 1.54) is 18.4 Å². The Hall–Kier alpha value is -1.58. The molecule has 0 saturated heterocycles. The van der Waals surface area contributed by atoms with Gasteiger partial charge >= 0.3 is 0 Å². The molecule has 0 aliphatic heterocycles. The molecule has 1 aromatic rings. The van der Waals surface area contributed by atoms with Gasteiger partial charge in [0.25, 0.3) is 5.91 Å². The third-order valence-corrected chi connectivity index (χ3v) is 1.04. The monoisotopic (exact) mass is 138 g/mol. The molecule has 52 valence electrons. The van der Waals surface area contributed by atoms with E-state index in [1.54, 1.807) is 0 Å². The molecule has 3 N–H and O–H groups in total. The summed E-state index contributed by atoms with van der Waals surface area (Å²) in [6, 6.07) is 2.95. The van der Waals surface area contributed by atoms with E-state index in [1.807, 2.05) is 0 Å². The zero-order chi connectivity index (χ0) is 7.56. The number of amides is 1. The number of hydrogen-bond donors (Lipinski definition) is 2. The predicted octanol–water partition coefficient (Wildman–Crippen LogP) is -0.142. The Balaban J connectivity index is 3.29. The molecule has 1 amide bonds. The second-order valence-electron chi connectivity index (χ2n) is 1.72. The summed E-state index contributed by atoms with van der Waals surface area (Å²) in [6.07, 6.45) is 1.31. The SMILES string of the molecule is N=c1occcc1C(N)=O. The maximum Gasteiger partial charge on any atom is 0.254 e. The summed E-state index contributed by atoms with van der Waals surface area (Å²) in [5.41, 5.74) is 4.80. The Morgan fingerprint density at radius 1 is 1.70 bits per heavy atom. The summed E-state index contributed by atoms with van der Waals surface area (Å²) < 4.78 is 4.59. The zero-order valence-corrected chi connectivity index (χ0v) is 5.13. The first kappa shape index (κ1) is 6.54. The van der Waals surface area contributed by atoms with Crippen LogP contribution in [0.5, 0.6) is 0 Å². The summed E-state index contributed by atoms with van der Waals surface area (Å²) in [5, 5.41) is 7.03. The fourth-order valence-electron chi connectivity index (χ4n) is 0.576. The number of primary amides is 1. The first-order chi connectivity index (χ1) is 4.72. The Labute approximate surface area is 56.8 Å². The van der Waals surface area contributed by atoms with E-state index in [-0.39, 0.29) is 11.1 Å². The number of hydrogen-bond acceptors (Lipinski definition) is 3. The van der Waals surface area contributed by atoms with Crippen LogP contribution in [-0.4, -0.2) is 5.91 Å². The van der Waals surface area contributed by atoms with Crippen LogP contribution >= 0.6 is 0 Å². The summed E-state index contributed by atoms with van der Waals surface area (Å²) in [5.74, 6) is -0.644. The molecule has 0 bridgehead atoms. The highest BCUT2D eigenvalue weighted by molar-refractivity contribution is 5.91. The van der Waals surface area contributed by atoms with E-state index in [9.17, 15) is 4.79 Å². The fraction of sp³-hybridized carbons (Fsp3) is 0. The fourth-order valence-corrected chi connectivity index (χ4v) is 0.576. The van der Waals surface area contributed by atoms with Crippen molar-refractivity contribution in [2.45, 2.75) is 0 Å². The molecule has 0 saturated carbocycles. The normalized spacial score (nSPS) is 9.20. The van der Waals surface area contributed by atoms with Gasteiger partial charge < -0.3 is 10.2 Å². The van der Waals surface area contributed by atoms with Crippen molar-refractivity contribution < 1.29 is 9.21 Å². The second kappa shape index (κ2) is 2.34. The lowest BCUT2D eigenvalue weighted by atomic mass is 10.3. The second-order valence-corrected chi connectivity index (χ2v) is 1.72. The van der Waals surface area contributed by atoms with Crippen molar-refractivity contribution in [1.82, 2.24) is 0 Å². The first-order valence-corrected chi connectivity index (χ1v) is 2.64. The van der Waals surface area contributed by atoms with Crippen LogP contribution in [0.1, 0.15) is 10.4 Å². The van der Waals surface area contributed by atoms with E-state index in [4.69, 9.17) is 11.1 Å². The van der Waals surface area contributed by atoms with E-state index in [0.29, 0.717) is 0 Å². The minimum Gasteiger partial charge on any atom is -0.446 e. The standard InChI is InChI=1S/C6H6N2O2/c7-5(9)4-2-1-3-10-6(4)8/h1-3,8H,(H2,7,9). The Kier molecular flexibility index (Phi) is 1.53. The van der Waals surface area contributed by atoms with Gasteiger partial charge in [-0.15, -0.1) is 0 Å². The van der Waals surface area contributed by atoms with Crippen molar-refractivity contribution in [1.29, 1.82) is 5.41 Å². The average molecular weight is 138 g/mol. The number of nitrogens with one attached hydrogen (secondary N) is 1. The molecule has 1 heterocycles. The van der Waals surface area contributed by atoms with Crippen LogP contribution in [-0.2, 0) is 0 Å². The van der Waals surface area contributed by atoms with Crippen molar-refractivity contribution in [3.63, 3.8) is 0 Å². The molecule has 1 aromatic heterocycles. The molecule has 4 nitrogen and oxygen atoms in total. The average Bonchev–Trinajstić information content (AvgIpc) is 1.88. The maximum absolute atomic E-state index is 10.5. The molecule has 4 heteroatoms. The van der Waals surface area contributed by atoms with Crippen molar-refractivity contribution >= 4 is 5.91 Å². The Morgan fingerprint density at radius 2 is 2.40 bits per heavy atom. The molecule has 10 heavy (non-hydrogen) atoms. The van der Waals surface area contributed by atoms with Crippen LogP contribution in [0.25, 0.3) is 0 Å². The lowest BCUT2D eigenvalue weighted by Gasteiger charge is -1.90. The highest BCUT2D eigenvalue weighted by Crippen LogP contribution is 1.87. The molecule has 0 fully saturated rings. The molecule has 0 atom stereocenters. The van der Waals surface area contributed by atoms with Crippen molar-refractivity contribution in [3.8, 4) is 0 Å². The highest BCUT2D eigenvalue weighted by Gasteiger charge is 2.01. The van der Waals surface area contributed by atoms with Gasteiger partial charge in [-0.1, -0.05) is 0 Å². The number of carbonyl (C=O) groups excluding carboxylic acids is 1. The van der Waals surface area contributed by atoms with Gasteiger partial charge in [0, 0.05) is 0 Å². The van der Waals surface area contributed by atoms with E-state index in [2.05, 4.69) is 4.42 Å². The molecular weight excluding hydrogens is 132 g/mol. The highest BCUT2D eigenvalue weighted by atomic mass is 16.3. The molecular formula is C6H6N2O2. The number of carbonyl (C=O) groups is 1. The Morgan fingerprint density at radius 3 is 2.80 bits per heavy atom. The minimum atomic E-state index is -0.644. The molecule has 1 rings (SSSR count). The van der Waals surface area contributed by atoms with Gasteiger partial charge in [-0.3, -0.25) is 10.2 Å². The van der Waals surface area contributed by atoms with Crippen LogP contribution < -0.4 is 11.3 Å². The van der Waals surface area contributed by atoms with Gasteiger partial charge in [0.15, 0.2) is 0 Å². The van der Waals surface area contributed by atoms with E-state index in [0.717, 1.165) is 0 Å². The zero-order valence-electron chi connectivity index (χ0n) is 5.13. The molecule has 0 aliphatic rings. The minimum absolute atomic E-state index is 0.0995. The van der Waals surface area contributed by atoms with E-state index >= 15 is 0 Å². The van der Waals surface area contributed by atoms with Gasteiger partial charge in [0.05, 0.1) is 6.26 Å². The third kappa shape index (κ3) is 1.05. The van der Waals surface area contributed by atoms with Crippen molar-refractivity contribution in [2.75, 3.05) is 0 Å². The lowest BCUT2D eigenvalue weighted by molar-refractivity contribution is 0.0995. The van der Waals surface area contributed by atoms with Crippen molar-refractivity contribution in [2.24, 2.45) is 5.73 Å². The molecule has 0 aromatic carbocycles. The van der Waals surface area contributed by atoms with Gasteiger partial charge in [0.1, 0.15) is 5.56 Å². The topological polar surface area (TPSA) is 80.1 Å². The van der Waals surface area contributed by atoms with Crippen LogP contribution in [0.2, 0.25) is 0 Å². The largest absolute Gasteiger partial charge is 0.446 e. The van der Waals surface area contributed by atoms with Gasteiger partial charge in [-0.25, -0.2) is 0 Å². The van der Waals surface area contributed by atoms with Crippen LogP contribution in [0, 0.1) is 5.41 Å². The van der Waals surface area contributed by atoms with Crippen LogP contribution in [0.4, 0.5) is 0 Å². The number of nitrogens with two attached hydrogens (primary N) is 1. The van der Waals surface area contributed by atoms with Gasteiger partial charge in [-0.05, 0) is 12.1 Å². The summed E-state index contributed by atoms with van der Waals surface area (Å²) in [6.45, 7) is 0. The predicted molar refractivity (Wildman–Crippen MR) is 33.1 cm³/mol. The molecule has 0 aliphatic carbocycles. The third-order valence-electron chi connectivity index (χ3n) is 1.04. The van der Waals surface area contributed by atoms with Crippen molar-refractivity contribution in [3.05, 3.63) is 29.5 Å². The first-order valence-electron chi connectivity index (χ1n) is 2.64.